The van der Waals surface area contributed by atoms with Crippen LogP contribution in [0.4, 0.5) is 8.78 Å². The molecular formula is C13H13BrF2OS. The molecule has 1 saturated heterocycles. The van der Waals surface area contributed by atoms with Crippen molar-refractivity contribution in [3.05, 3.63) is 33.8 Å². The van der Waals surface area contributed by atoms with Gasteiger partial charge in [0, 0.05) is 10.9 Å². The van der Waals surface area contributed by atoms with Gasteiger partial charge >= 0.3 is 0 Å². The Hall–Kier alpha value is -0.420. The van der Waals surface area contributed by atoms with Gasteiger partial charge < -0.3 is 0 Å². The van der Waals surface area contributed by atoms with Crippen molar-refractivity contribution in [1.82, 2.24) is 0 Å². The van der Waals surface area contributed by atoms with Crippen molar-refractivity contribution in [2.24, 2.45) is 5.92 Å². The molecule has 98 valence electrons. The van der Waals surface area contributed by atoms with Gasteiger partial charge in [0.05, 0.1) is 5.56 Å². The van der Waals surface area contributed by atoms with Crippen molar-refractivity contribution in [3.8, 4) is 0 Å². The Morgan fingerprint density at radius 2 is 1.83 bits per heavy atom. The molecule has 0 saturated carbocycles. The van der Waals surface area contributed by atoms with E-state index in [0.29, 0.717) is 4.47 Å². The van der Waals surface area contributed by atoms with Gasteiger partial charge in [0.25, 0.3) is 0 Å². The second-order valence-electron chi connectivity index (χ2n) is 4.43. The Labute approximate surface area is 117 Å². The molecule has 0 aromatic heterocycles. The summed E-state index contributed by atoms with van der Waals surface area (Å²) in [6.07, 6.45) is 2.16. The molecule has 1 aliphatic heterocycles. The van der Waals surface area contributed by atoms with Crippen LogP contribution < -0.4 is 0 Å². The van der Waals surface area contributed by atoms with Crippen molar-refractivity contribution in [2.45, 2.75) is 19.3 Å². The summed E-state index contributed by atoms with van der Waals surface area (Å²) in [6, 6.07) is 2.26. The number of rotatable bonds is 3. The van der Waals surface area contributed by atoms with Gasteiger partial charge in [-0.25, -0.2) is 8.78 Å². The van der Waals surface area contributed by atoms with Gasteiger partial charge in [-0.05, 0) is 42.4 Å². The first-order chi connectivity index (χ1) is 8.58. The quantitative estimate of drug-likeness (QED) is 0.760. The minimum atomic E-state index is -0.781. The number of carbonyl (C=O) groups is 1. The van der Waals surface area contributed by atoms with Gasteiger partial charge in [-0.15, -0.1) is 0 Å². The molecule has 1 aromatic rings. The molecule has 1 aliphatic rings. The first-order valence-electron chi connectivity index (χ1n) is 5.83. The monoisotopic (exact) mass is 334 g/mol. The fraction of sp³-hybridized carbons (Fsp3) is 0.462. The Morgan fingerprint density at radius 1 is 1.28 bits per heavy atom. The normalized spacial score (nSPS) is 16.8. The van der Waals surface area contributed by atoms with Crippen LogP contribution in [-0.4, -0.2) is 17.3 Å². The summed E-state index contributed by atoms with van der Waals surface area (Å²) < 4.78 is 27.6. The van der Waals surface area contributed by atoms with Crippen LogP contribution in [0.1, 0.15) is 29.6 Å². The van der Waals surface area contributed by atoms with Crippen LogP contribution in [0.15, 0.2) is 16.6 Å². The summed E-state index contributed by atoms with van der Waals surface area (Å²) in [5.74, 6) is 0.344. The summed E-state index contributed by atoms with van der Waals surface area (Å²) in [7, 11) is 0. The van der Waals surface area contributed by atoms with E-state index in [1.165, 1.54) is 0 Å². The van der Waals surface area contributed by atoms with Gasteiger partial charge in [0.2, 0.25) is 0 Å². The Kier molecular flexibility index (Phi) is 4.78. The third-order valence-electron chi connectivity index (χ3n) is 3.10. The van der Waals surface area contributed by atoms with Crippen LogP contribution in [0, 0.1) is 17.6 Å². The molecule has 0 unspecified atom stereocenters. The number of hydrogen-bond donors (Lipinski definition) is 0. The zero-order valence-corrected chi connectivity index (χ0v) is 12.1. The number of halogens is 3. The van der Waals surface area contributed by atoms with Crippen molar-refractivity contribution in [1.29, 1.82) is 0 Å². The smallest absolute Gasteiger partial charge is 0.169 e. The van der Waals surface area contributed by atoms with E-state index in [1.807, 2.05) is 11.8 Å². The summed E-state index contributed by atoms with van der Waals surface area (Å²) >= 11 is 4.86. The third kappa shape index (κ3) is 3.32. The maximum absolute atomic E-state index is 13.6. The molecule has 0 atom stereocenters. The lowest BCUT2D eigenvalue weighted by molar-refractivity contribution is 0.0950. The summed E-state index contributed by atoms with van der Waals surface area (Å²) in [4.78, 5) is 12.0. The average Bonchev–Trinajstić information content (AvgIpc) is 2.28. The highest BCUT2D eigenvalue weighted by Crippen LogP contribution is 2.28. The Bertz CT molecular complexity index is 435. The number of carbonyl (C=O) groups excluding carboxylic acids is 1. The van der Waals surface area contributed by atoms with Gasteiger partial charge in [-0.2, -0.15) is 11.8 Å². The van der Waals surface area contributed by atoms with Crippen molar-refractivity contribution < 1.29 is 13.6 Å². The number of Topliss-reactive ketones (excluding diaryl/α,β-unsaturated/α-hetero) is 1. The van der Waals surface area contributed by atoms with E-state index in [1.54, 1.807) is 0 Å². The van der Waals surface area contributed by atoms with E-state index < -0.39 is 23.0 Å². The predicted molar refractivity (Wildman–Crippen MR) is 73.1 cm³/mol. The Balaban J connectivity index is 2.13. The second-order valence-corrected chi connectivity index (χ2v) is 6.57. The molecule has 1 nitrogen and oxygen atoms in total. The molecule has 0 N–H and O–H groups in total. The highest BCUT2D eigenvalue weighted by molar-refractivity contribution is 9.10. The molecule has 1 heterocycles. The number of ketones is 1. The molecule has 0 spiro atoms. The highest BCUT2D eigenvalue weighted by Gasteiger charge is 2.23. The standard InChI is InChI=1S/C13H13BrF2OS/c14-9-6-10(15)13(11(16)7-9)12(17)5-8-1-3-18-4-2-8/h6-8H,1-5H2. The minimum absolute atomic E-state index is 0.246. The van der Waals surface area contributed by atoms with Crippen LogP contribution in [0.5, 0.6) is 0 Å². The molecular weight excluding hydrogens is 322 g/mol. The SMILES string of the molecule is O=C(CC1CCSCC1)c1c(F)cc(Br)cc1F. The minimum Gasteiger partial charge on any atom is -0.294 e. The van der Waals surface area contributed by atoms with Crippen molar-refractivity contribution in [3.63, 3.8) is 0 Å². The number of hydrogen-bond acceptors (Lipinski definition) is 2. The van der Waals surface area contributed by atoms with Gasteiger partial charge in [-0.1, -0.05) is 15.9 Å². The summed E-state index contributed by atoms with van der Waals surface area (Å²) in [5, 5.41) is 0. The lowest BCUT2D eigenvalue weighted by atomic mass is 9.93. The van der Waals surface area contributed by atoms with E-state index >= 15 is 0 Å². The maximum atomic E-state index is 13.6. The third-order valence-corrected chi connectivity index (χ3v) is 4.61. The van der Waals surface area contributed by atoms with E-state index in [0.717, 1.165) is 36.5 Å². The molecule has 1 aromatic carbocycles. The molecule has 5 heteroatoms. The fourth-order valence-corrected chi connectivity index (χ4v) is 3.73. The van der Waals surface area contributed by atoms with Crippen LogP contribution in [0.25, 0.3) is 0 Å². The summed E-state index contributed by atoms with van der Waals surface area (Å²) in [6.45, 7) is 0. The molecule has 1 fully saturated rings. The zero-order valence-electron chi connectivity index (χ0n) is 9.72. The largest absolute Gasteiger partial charge is 0.294 e. The van der Waals surface area contributed by atoms with Crippen LogP contribution >= 0.6 is 27.7 Å². The number of thioether (sulfide) groups is 1. The fourth-order valence-electron chi connectivity index (χ4n) is 2.12. The van der Waals surface area contributed by atoms with Crippen molar-refractivity contribution >= 4 is 33.5 Å². The molecule has 2 rings (SSSR count). The number of benzene rings is 1. The first-order valence-corrected chi connectivity index (χ1v) is 7.78. The van der Waals surface area contributed by atoms with E-state index in [4.69, 9.17) is 0 Å². The van der Waals surface area contributed by atoms with E-state index in [2.05, 4.69) is 15.9 Å². The highest BCUT2D eigenvalue weighted by atomic mass is 79.9. The van der Waals surface area contributed by atoms with Gasteiger partial charge in [-0.3, -0.25) is 4.79 Å². The van der Waals surface area contributed by atoms with Crippen molar-refractivity contribution in [2.75, 3.05) is 11.5 Å². The van der Waals surface area contributed by atoms with Crippen LogP contribution in [-0.2, 0) is 0 Å². The first kappa shape index (κ1) is 14.0. The summed E-state index contributed by atoms with van der Waals surface area (Å²) in [5.41, 5.74) is -0.392. The lowest BCUT2D eigenvalue weighted by Gasteiger charge is -2.20. The predicted octanol–water partition coefficient (Wildman–Crippen LogP) is 4.44. The topological polar surface area (TPSA) is 17.1 Å². The van der Waals surface area contributed by atoms with Gasteiger partial charge in [0.1, 0.15) is 11.6 Å². The molecule has 18 heavy (non-hydrogen) atoms. The van der Waals surface area contributed by atoms with Crippen LogP contribution in [0.3, 0.4) is 0 Å². The zero-order chi connectivity index (χ0) is 13.1. The molecule has 0 radical (unpaired) electrons. The van der Waals surface area contributed by atoms with Gasteiger partial charge in [0.15, 0.2) is 5.78 Å². The Morgan fingerprint density at radius 3 is 2.39 bits per heavy atom. The lowest BCUT2D eigenvalue weighted by Crippen LogP contribution is -2.16. The van der Waals surface area contributed by atoms with E-state index in [9.17, 15) is 13.6 Å². The molecule has 0 aliphatic carbocycles. The molecule has 0 amide bonds. The van der Waals surface area contributed by atoms with E-state index in [-0.39, 0.29) is 12.3 Å². The molecule has 0 bridgehead atoms. The maximum Gasteiger partial charge on any atom is 0.169 e. The second kappa shape index (κ2) is 6.15. The van der Waals surface area contributed by atoms with Crippen LogP contribution in [0.2, 0.25) is 0 Å². The average molecular weight is 335 g/mol.